The second kappa shape index (κ2) is 8.19. The van der Waals surface area contributed by atoms with Gasteiger partial charge in [-0.2, -0.15) is 4.31 Å². The quantitative estimate of drug-likeness (QED) is 0.852. The van der Waals surface area contributed by atoms with E-state index >= 15 is 0 Å². The molecule has 0 unspecified atom stereocenters. The molecule has 1 aliphatic heterocycles. The Balaban J connectivity index is 1.69. The zero-order valence-corrected chi connectivity index (χ0v) is 16.0. The van der Waals surface area contributed by atoms with Gasteiger partial charge in [0.05, 0.1) is 4.90 Å². The molecule has 1 fully saturated rings. The lowest BCUT2D eigenvalue weighted by atomic mass is 10.1. The molecular formula is C20H23FN2O3S. The number of carbonyl (C=O) groups excluding carboxylic acids is 1. The van der Waals surface area contributed by atoms with Crippen LogP contribution in [0.15, 0.2) is 53.4 Å². The number of hydrogen-bond donors (Lipinski definition) is 1. The normalized spacial score (nSPS) is 18.2. The Morgan fingerprint density at radius 3 is 2.52 bits per heavy atom. The number of rotatable bonds is 5. The van der Waals surface area contributed by atoms with Gasteiger partial charge < -0.3 is 5.32 Å². The van der Waals surface area contributed by atoms with Crippen LogP contribution >= 0.6 is 0 Å². The van der Waals surface area contributed by atoms with Crippen LogP contribution in [0.4, 0.5) is 4.39 Å². The summed E-state index contributed by atoms with van der Waals surface area (Å²) in [4.78, 5) is 12.4. The number of benzene rings is 2. The summed E-state index contributed by atoms with van der Waals surface area (Å²) in [5, 5.41) is 2.65. The Labute approximate surface area is 159 Å². The fraction of sp³-hybridized carbons (Fsp3) is 0.350. The summed E-state index contributed by atoms with van der Waals surface area (Å²) in [6.45, 7) is 2.51. The smallest absolute Gasteiger partial charge is 0.251 e. The Kier molecular flexibility index (Phi) is 5.92. The fourth-order valence-corrected chi connectivity index (χ4v) is 4.96. The maximum absolute atomic E-state index is 13.6. The van der Waals surface area contributed by atoms with Crippen LogP contribution in [0, 0.1) is 5.82 Å². The van der Waals surface area contributed by atoms with Crippen LogP contribution in [-0.2, 0) is 16.6 Å². The van der Waals surface area contributed by atoms with Gasteiger partial charge in [-0.25, -0.2) is 12.8 Å². The van der Waals surface area contributed by atoms with Gasteiger partial charge in [0.1, 0.15) is 5.82 Å². The molecule has 2 aromatic carbocycles. The molecule has 1 atom stereocenters. The zero-order chi connectivity index (χ0) is 19.4. The predicted octanol–water partition coefficient (Wildman–Crippen LogP) is 3.32. The molecule has 0 aliphatic carbocycles. The summed E-state index contributed by atoms with van der Waals surface area (Å²) >= 11 is 0. The SMILES string of the molecule is C[C@@H]1CCCCN1S(=O)(=O)c1ccc(C(=O)NCc2ccccc2F)cc1. The van der Waals surface area contributed by atoms with Crippen molar-refractivity contribution < 1.29 is 17.6 Å². The van der Waals surface area contributed by atoms with Gasteiger partial charge >= 0.3 is 0 Å². The molecule has 1 aliphatic rings. The van der Waals surface area contributed by atoms with Crippen molar-refractivity contribution in [3.05, 3.63) is 65.5 Å². The number of piperidine rings is 1. The number of nitrogens with zero attached hydrogens (tertiary/aromatic N) is 1. The highest BCUT2D eigenvalue weighted by Crippen LogP contribution is 2.25. The first-order chi connectivity index (χ1) is 12.9. The third kappa shape index (κ3) is 4.36. The maximum Gasteiger partial charge on any atom is 0.251 e. The molecule has 27 heavy (non-hydrogen) atoms. The second-order valence-corrected chi connectivity index (χ2v) is 8.65. The van der Waals surface area contributed by atoms with Crippen LogP contribution in [0.2, 0.25) is 0 Å². The molecule has 5 nitrogen and oxygen atoms in total. The molecule has 0 bridgehead atoms. The van der Waals surface area contributed by atoms with Gasteiger partial charge in [0.15, 0.2) is 0 Å². The molecule has 144 valence electrons. The number of sulfonamides is 1. The Morgan fingerprint density at radius 1 is 1.15 bits per heavy atom. The lowest BCUT2D eigenvalue weighted by Crippen LogP contribution is -2.41. The molecule has 1 amide bonds. The van der Waals surface area contributed by atoms with E-state index in [4.69, 9.17) is 0 Å². The molecule has 0 radical (unpaired) electrons. The Morgan fingerprint density at radius 2 is 1.85 bits per heavy atom. The van der Waals surface area contributed by atoms with E-state index < -0.39 is 10.0 Å². The van der Waals surface area contributed by atoms with Crippen LogP contribution in [0.25, 0.3) is 0 Å². The minimum atomic E-state index is -3.56. The maximum atomic E-state index is 13.6. The first-order valence-corrected chi connectivity index (χ1v) is 10.5. The lowest BCUT2D eigenvalue weighted by molar-refractivity contribution is 0.0950. The largest absolute Gasteiger partial charge is 0.348 e. The molecule has 2 aromatic rings. The summed E-state index contributed by atoms with van der Waals surface area (Å²) in [7, 11) is -3.56. The molecule has 1 heterocycles. The van der Waals surface area contributed by atoms with E-state index in [1.54, 1.807) is 18.2 Å². The van der Waals surface area contributed by atoms with Gasteiger partial charge in [0.2, 0.25) is 10.0 Å². The van der Waals surface area contributed by atoms with Gasteiger partial charge in [-0.15, -0.1) is 0 Å². The average Bonchev–Trinajstić information content (AvgIpc) is 2.67. The first kappa shape index (κ1) is 19.5. The standard InChI is InChI=1S/C20H23FN2O3S/c1-15-6-4-5-13-23(15)27(25,26)18-11-9-16(10-12-18)20(24)22-14-17-7-2-3-8-19(17)21/h2-3,7-12,15H,4-6,13-14H2,1H3,(H,22,24)/t15-/m1/s1. The minimum Gasteiger partial charge on any atom is -0.348 e. The monoisotopic (exact) mass is 390 g/mol. The summed E-state index contributed by atoms with van der Waals surface area (Å²) in [6.07, 6.45) is 2.75. The Hall–Kier alpha value is -2.25. The van der Waals surface area contributed by atoms with Crippen molar-refractivity contribution in [2.45, 2.75) is 43.7 Å². The molecular weight excluding hydrogens is 367 g/mol. The predicted molar refractivity (Wildman–Crippen MR) is 101 cm³/mol. The zero-order valence-electron chi connectivity index (χ0n) is 15.2. The highest BCUT2D eigenvalue weighted by Gasteiger charge is 2.30. The van der Waals surface area contributed by atoms with Crippen molar-refractivity contribution in [1.82, 2.24) is 9.62 Å². The third-order valence-corrected chi connectivity index (χ3v) is 6.89. The van der Waals surface area contributed by atoms with Crippen molar-refractivity contribution in [2.24, 2.45) is 0 Å². The van der Waals surface area contributed by atoms with Crippen molar-refractivity contribution in [1.29, 1.82) is 0 Å². The summed E-state index contributed by atoms with van der Waals surface area (Å²) in [5.41, 5.74) is 0.723. The van der Waals surface area contributed by atoms with Crippen LogP contribution in [0.3, 0.4) is 0 Å². The number of nitrogens with one attached hydrogen (secondary N) is 1. The lowest BCUT2D eigenvalue weighted by Gasteiger charge is -2.32. The third-order valence-electron chi connectivity index (χ3n) is 4.86. The molecule has 3 rings (SSSR count). The van der Waals surface area contributed by atoms with Gasteiger partial charge in [-0.05, 0) is 50.1 Å². The van der Waals surface area contributed by atoms with Crippen molar-refractivity contribution >= 4 is 15.9 Å². The van der Waals surface area contributed by atoms with Crippen molar-refractivity contribution in [3.8, 4) is 0 Å². The van der Waals surface area contributed by atoms with E-state index in [-0.39, 0.29) is 29.2 Å². The molecule has 0 saturated carbocycles. The van der Waals surface area contributed by atoms with E-state index in [0.29, 0.717) is 17.7 Å². The Bertz CT molecular complexity index is 913. The summed E-state index contributed by atoms with van der Waals surface area (Å²) < 4.78 is 40.8. The number of amides is 1. The highest BCUT2D eigenvalue weighted by molar-refractivity contribution is 7.89. The number of carbonyl (C=O) groups is 1. The van der Waals surface area contributed by atoms with Gasteiger partial charge in [-0.3, -0.25) is 4.79 Å². The van der Waals surface area contributed by atoms with Crippen LogP contribution < -0.4 is 5.32 Å². The van der Waals surface area contributed by atoms with E-state index in [1.165, 1.54) is 34.6 Å². The minimum absolute atomic E-state index is 0.0208. The summed E-state index contributed by atoms with van der Waals surface area (Å²) in [5.74, 6) is -0.761. The number of hydrogen-bond acceptors (Lipinski definition) is 3. The van der Waals surface area contributed by atoms with E-state index in [1.807, 2.05) is 6.92 Å². The van der Waals surface area contributed by atoms with Gasteiger partial charge in [-0.1, -0.05) is 24.6 Å². The molecule has 1 saturated heterocycles. The first-order valence-electron chi connectivity index (χ1n) is 9.03. The average molecular weight is 390 g/mol. The van der Waals surface area contributed by atoms with Crippen LogP contribution in [-0.4, -0.2) is 31.2 Å². The molecule has 1 N–H and O–H groups in total. The topological polar surface area (TPSA) is 66.5 Å². The number of halogens is 1. The van der Waals surface area contributed by atoms with E-state index in [2.05, 4.69) is 5.32 Å². The van der Waals surface area contributed by atoms with E-state index in [0.717, 1.165) is 19.3 Å². The van der Waals surface area contributed by atoms with Crippen LogP contribution in [0.5, 0.6) is 0 Å². The highest BCUT2D eigenvalue weighted by atomic mass is 32.2. The van der Waals surface area contributed by atoms with E-state index in [9.17, 15) is 17.6 Å². The van der Waals surface area contributed by atoms with Crippen molar-refractivity contribution in [3.63, 3.8) is 0 Å². The molecule has 0 aromatic heterocycles. The van der Waals surface area contributed by atoms with Gasteiger partial charge in [0.25, 0.3) is 5.91 Å². The van der Waals surface area contributed by atoms with Crippen molar-refractivity contribution in [2.75, 3.05) is 6.54 Å². The summed E-state index contributed by atoms with van der Waals surface area (Å²) in [6, 6.07) is 12.1. The van der Waals surface area contributed by atoms with Crippen LogP contribution in [0.1, 0.15) is 42.1 Å². The second-order valence-electron chi connectivity index (χ2n) is 6.76. The van der Waals surface area contributed by atoms with Gasteiger partial charge in [0, 0.05) is 30.3 Å². The molecule has 0 spiro atoms. The molecule has 7 heteroatoms. The fourth-order valence-electron chi connectivity index (χ4n) is 3.26.